The molecule has 310 valence electrons. The lowest BCUT2D eigenvalue weighted by Crippen LogP contribution is -2.55. The molecule has 1 fully saturated rings. The minimum absolute atomic E-state index is 0.0165. The molecule has 4 amide bonds. The Labute approximate surface area is 332 Å². The van der Waals surface area contributed by atoms with Crippen LogP contribution in [0.2, 0.25) is 0 Å². The normalized spacial score (nSPS) is 18.1. The van der Waals surface area contributed by atoms with E-state index in [9.17, 15) is 29.1 Å². The first-order valence-electron chi connectivity index (χ1n) is 19.7. The molecule has 0 radical (unpaired) electrons. The highest BCUT2D eigenvalue weighted by molar-refractivity contribution is 5.88. The van der Waals surface area contributed by atoms with Crippen molar-refractivity contribution in [3.05, 3.63) is 66.0 Å². The van der Waals surface area contributed by atoms with Crippen molar-refractivity contribution in [1.29, 1.82) is 0 Å². The maximum atomic E-state index is 14.1. The third-order valence-electron chi connectivity index (χ3n) is 11.2. The van der Waals surface area contributed by atoms with Gasteiger partial charge in [0.05, 0.1) is 49.2 Å². The van der Waals surface area contributed by atoms with E-state index in [1.807, 2.05) is 82.1 Å². The van der Waals surface area contributed by atoms with Crippen LogP contribution in [0.3, 0.4) is 0 Å². The number of carboxylic acids is 1. The zero-order valence-corrected chi connectivity index (χ0v) is 34.6. The van der Waals surface area contributed by atoms with E-state index in [0.717, 1.165) is 11.1 Å². The minimum atomic E-state index is -1.14. The number of carboxylic acid groups (broad SMARTS) is 1. The number of nitrogens with one attached hydrogen (secondary N) is 2. The quantitative estimate of drug-likeness (QED) is 0.161. The molecule has 14 nitrogen and oxygen atoms in total. The largest absolute Gasteiger partial charge is 0.480 e. The molecule has 2 aromatic rings. The van der Waals surface area contributed by atoms with Gasteiger partial charge in [0.2, 0.25) is 23.6 Å². The van der Waals surface area contributed by atoms with E-state index >= 15 is 0 Å². The van der Waals surface area contributed by atoms with Gasteiger partial charge < -0.3 is 35.0 Å². The van der Waals surface area contributed by atoms with E-state index in [1.54, 1.807) is 36.2 Å². The third kappa shape index (κ3) is 12.6. The number of aromatic nitrogens is 1. The summed E-state index contributed by atoms with van der Waals surface area (Å²) in [6, 6.07) is 10.4. The van der Waals surface area contributed by atoms with Crippen LogP contribution >= 0.6 is 0 Å². The molecule has 1 aliphatic rings. The number of benzene rings is 1. The first-order valence-corrected chi connectivity index (χ1v) is 19.7. The lowest BCUT2D eigenvalue weighted by Gasteiger charge is -2.39. The predicted octanol–water partition coefficient (Wildman–Crippen LogP) is 3.39. The van der Waals surface area contributed by atoms with Crippen LogP contribution in [-0.4, -0.2) is 132 Å². The number of carbonyl (C=O) groups is 5. The molecule has 3 rings (SSSR count). The fourth-order valence-corrected chi connectivity index (χ4v) is 7.96. The number of hydrogen-bond acceptors (Lipinski definition) is 9. The van der Waals surface area contributed by atoms with Crippen LogP contribution in [0.1, 0.15) is 71.4 Å². The van der Waals surface area contributed by atoms with Gasteiger partial charge in [-0.3, -0.25) is 29.1 Å². The van der Waals surface area contributed by atoms with Gasteiger partial charge in [-0.1, -0.05) is 71.4 Å². The van der Waals surface area contributed by atoms with Crippen molar-refractivity contribution in [3.63, 3.8) is 0 Å². The summed E-state index contributed by atoms with van der Waals surface area (Å²) in [7, 11) is 6.58. The van der Waals surface area contributed by atoms with E-state index in [-0.39, 0.29) is 48.9 Å². The van der Waals surface area contributed by atoms with Crippen molar-refractivity contribution in [3.8, 4) is 0 Å². The number of amides is 4. The number of ether oxygens (including phenoxy) is 2. The lowest BCUT2D eigenvalue weighted by atomic mass is 9.90. The van der Waals surface area contributed by atoms with Crippen LogP contribution in [0.5, 0.6) is 0 Å². The van der Waals surface area contributed by atoms with Crippen molar-refractivity contribution >= 4 is 29.6 Å². The highest BCUT2D eigenvalue weighted by Crippen LogP contribution is 2.29. The van der Waals surface area contributed by atoms with E-state index in [1.165, 1.54) is 14.2 Å². The maximum Gasteiger partial charge on any atom is 0.326 e. The molecule has 3 N–H and O–H groups in total. The average Bonchev–Trinajstić information content (AvgIpc) is 3.66. The van der Waals surface area contributed by atoms with Gasteiger partial charge in [-0.2, -0.15) is 0 Å². The Hall–Kier alpha value is -4.40. The Morgan fingerprint density at radius 3 is 2.18 bits per heavy atom. The highest BCUT2D eigenvalue weighted by atomic mass is 16.5. The molecule has 1 aromatic carbocycles. The van der Waals surface area contributed by atoms with Gasteiger partial charge in [-0.05, 0) is 55.0 Å². The smallest absolute Gasteiger partial charge is 0.326 e. The Bertz CT molecular complexity index is 1560. The molecule has 8 unspecified atom stereocenters. The van der Waals surface area contributed by atoms with Gasteiger partial charge in [-0.15, -0.1) is 0 Å². The fraction of sp³-hybridized carbons (Fsp3) is 0.619. The molecule has 14 heteroatoms. The average molecular weight is 781 g/mol. The number of carbonyl (C=O) groups excluding carboxylic acids is 4. The van der Waals surface area contributed by atoms with E-state index in [0.29, 0.717) is 32.4 Å². The first-order chi connectivity index (χ1) is 26.6. The Kier molecular flexibility index (Phi) is 18.4. The Morgan fingerprint density at radius 2 is 1.61 bits per heavy atom. The van der Waals surface area contributed by atoms with Crippen molar-refractivity contribution < 1.29 is 38.6 Å². The van der Waals surface area contributed by atoms with Gasteiger partial charge in [0.25, 0.3) is 0 Å². The Balaban J connectivity index is 1.69. The molecular weight excluding hydrogens is 716 g/mol. The summed E-state index contributed by atoms with van der Waals surface area (Å²) in [5, 5.41) is 15.4. The van der Waals surface area contributed by atoms with Crippen LogP contribution in [0.25, 0.3) is 0 Å². The van der Waals surface area contributed by atoms with Crippen LogP contribution < -0.4 is 10.6 Å². The van der Waals surface area contributed by atoms with E-state index in [2.05, 4.69) is 15.6 Å². The van der Waals surface area contributed by atoms with Crippen LogP contribution in [0.4, 0.5) is 0 Å². The maximum absolute atomic E-state index is 14.1. The number of nitrogens with zero attached hydrogens (tertiary/aromatic N) is 4. The van der Waals surface area contributed by atoms with Crippen LogP contribution in [0, 0.1) is 17.8 Å². The summed E-state index contributed by atoms with van der Waals surface area (Å²) in [6.07, 6.45) is 4.21. The number of rotatable bonds is 22. The summed E-state index contributed by atoms with van der Waals surface area (Å²) in [5.41, 5.74) is 1.80. The molecule has 2 heterocycles. The van der Waals surface area contributed by atoms with Gasteiger partial charge >= 0.3 is 5.97 Å². The SMILES string of the molecule is CCC(C)C(C(CC(=O)N1CCCC1C(OC)C(C)C(=O)NC(Cc1ccccc1)C(=O)O)OC)N(C)C(=O)CNC(=O)C(C(C)C)N(C)Cc1ccncc1. The third-order valence-corrected chi connectivity index (χ3v) is 11.2. The molecule has 56 heavy (non-hydrogen) atoms. The fourth-order valence-electron chi connectivity index (χ4n) is 7.96. The second kappa shape index (κ2) is 22.4. The second-order valence-corrected chi connectivity index (χ2v) is 15.4. The molecule has 0 spiro atoms. The molecule has 8 atom stereocenters. The molecular formula is C42H64N6O8. The van der Waals surface area contributed by atoms with Gasteiger partial charge in [-0.25, -0.2) is 4.79 Å². The molecule has 1 aromatic heterocycles. The number of likely N-dealkylation sites (tertiary alicyclic amines) is 1. The first kappa shape index (κ1) is 46.0. The molecule has 0 saturated carbocycles. The lowest BCUT2D eigenvalue weighted by molar-refractivity contribution is -0.147. The number of likely N-dealkylation sites (N-methyl/N-ethyl adjacent to an activating group) is 2. The standard InChI is InChI=1S/C42H64N6O8/c1-10-28(4)38(47(7)36(50)25-44-41(52)37(27(2)3)46(6)26-31-18-20-43-21-19-31)34(55-8)24-35(49)48-22-14-17-33(48)39(56-9)29(5)40(51)45-32(42(53)54)23-30-15-12-11-13-16-30/h11-13,15-16,18-21,27-29,32-34,37-39H,10,14,17,22-26H2,1-9H3,(H,44,52)(H,45,51)(H,53,54). The van der Waals surface area contributed by atoms with Crippen molar-refractivity contribution in [1.82, 2.24) is 30.3 Å². The summed E-state index contributed by atoms with van der Waals surface area (Å²) in [6.45, 7) is 10.4. The van der Waals surface area contributed by atoms with Crippen LogP contribution in [-0.2, 0) is 46.4 Å². The summed E-state index contributed by atoms with van der Waals surface area (Å²) < 4.78 is 11.8. The summed E-state index contributed by atoms with van der Waals surface area (Å²) in [5.74, 6) is -3.18. The van der Waals surface area contributed by atoms with Crippen molar-refractivity contribution in [2.45, 2.75) is 110 Å². The van der Waals surface area contributed by atoms with Gasteiger partial charge in [0.1, 0.15) is 6.04 Å². The second-order valence-electron chi connectivity index (χ2n) is 15.4. The molecule has 1 saturated heterocycles. The Morgan fingerprint density at radius 1 is 0.946 bits per heavy atom. The summed E-state index contributed by atoms with van der Waals surface area (Å²) in [4.78, 5) is 76.2. The number of pyridine rings is 1. The predicted molar refractivity (Wildman–Crippen MR) is 213 cm³/mol. The van der Waals surface area contributed by atoms with E-state index < -0.39 is 54.2 Å². The van der Waals surface area contributed by atoms with Gasteiger partial charge in [0, 0.05) is 53.2 Å². The topological polar surface area (TPSA) is 171 Å². The number of hydrogen-bond donors (Lipinski definition) is 3. The highest BCUT2D eigenvalue weighted by Gasteiger charge is 2.42. The molecule has 0 bridgehead atoms. The van der Waals surface area contributed by atoms with Crippen molar-refractivity contribution in [2.75, 3.05) is 41.4 Å². The van der Waals surface area contributed by atoms with E-state index in [4.69, 9.17) is 9.47 Å². The van der Waals surface area contributed by atoms with Gasteiger partial charge in [0.15, 0.2) is 0 Å². The number of aliphatic carboxylic acids is 1. The zero-order valence-electron chi connectivity index (χ0n) is 34.6. The molecule has 1 aliphatic heterocycles. The van der Waals surface area contributed by atoms with Crippen LogP contribution in [0.15, 0.2) is 54.9 Å². The monoisotopic (exact) mass is 780 g/mol. The number of methoxy groups -OCH3 is 2. The minimum Gasteiger partial charge on any atom is -0.480 e. The summed E-state index contributed by atoms with van der Waals surface area (Å²) >= 11 is 0. The van der Waals surface area contributed by atoms with Crippen molar-refractivity contribution in [2.24, 2.45) is 17.8 Å². The zero-order chi connectivity index (χ0) is 41.5. The molecule has 0 aliphatic carbocycles.